The fraction of sp³-hybridized carbons (Fsp3) is 0.240. The highest BCUT2D eigenvalue weighted by molar-refractivity contribution is 7.19. The zero-order chi connectivity index (χ0) is 24.4. The number of aliphatic hydroxyl groups is 1. The van der Waals surface area contributed by atoms with E-state index in [2.05, 4.69) is 21.4 Å². The van der Waals surface area contributed by atoms with Crippen LogP contribution in [0.2, 0.25) is 0 Å². The smallest absolute Gasteiger partial charge is 0.223 e. The van der Waals surface area contributed by atoms with Gasteiger partial charge >= 0.3 is 0 Å². The van der Waals surface area contributed by atoms with Crippen LogP contribution in [0.15, 0.2) is 42.6 Å². The lowest BCUT2D eigenvalue weighted by Crippen LogP contribution is -2.07. The van der Waals surface area contributed by atoms with Gasteiger partial charge in [0.1, 0.15) is 0 Å². The van der Waals surface area contributed by atoms with E-state index in [1.54, 1.807) is 6.92 Å². The van der Waals surface area contributed by atoms with Crippen LogP contribution in [0, 0.1) is 12.3 Å². The largest absolute Gasteiger partial charge is 0.400 e. The topological polar surface area (TPSA) is 117 Å². The van der Waals surface area contributed by atoms with Crippen molar-refractivity contribution in [3.63, 3.8) is 0 Å². The Balaban J connectivity index is 0.00000133. The van der Waals surface area contributed by atoms with Crippen LogP contribution in [0.3, 0.4) is 0 Å². The number of fused-ring (bicyclic) bond motifs is 3. The Hall–Kier alpha value is -3.69. The van der Waals surface area contributed by atoms with Crippen molar-refractivity contribution in [2.45, 2.75) is 33.6 Å². The number of anilines is 1. The Labute approximate surface area is 201 Å². The summed E-state index contributed by atoms with van der Waals surface area (Å²) in [5.74, 6) is -0.131. The summed E-state index contributed by atoms with van der Waals surface area (Å²) in [7, 11) is 1.00. The summed E-state index contributed by atoms with van der Waals surface area (Å²) in [6.45, 7) is 5.24. The first-order chi connectivity index (χ1) is 16.4. The van der Waals surface area contributed by atoms with Crippen LogP contribution in [0.1, 0.15) is 36.4 Å². The van der Waals surface area contributed by atoms with E-state index in [0.29, 0.717) is 10.8 Å². The number of aromatic nitrogens is 4. The van der Waals surface area contributed by atoms with Gasteiger partial charge in [0.05, 0.1) is 27.6 Å². The second-order valence-electron chi connectivity index (χ2n) is 7.92. The van der Waals surface area contributed by atoms with Gasteiger partial charge in [-0.05, 0) is 56.5 Å². The molecule has 0 unspecified atom stereocenters. The van der Waals surface area contributed by atoms with Crippen molar-refractivity contribution < 1.29 is 9.90 Å². The Morgan fingerprint density at radius 1 is 1.12 bits per heavy atom. The second-order valence-corrected chi connectivity index (χ2v) is 8.92. The summed E-state index contributed by atoms with van der Waals surface area (Å²) in [5.41, 5.74) is 8.33. The molecule has 3 N–H and O–H groups in total. The average Bonchev–Trinajstić information content (AvgIpc) is 3.41. The molecule has 1 aromatic carbocycles. The first-order valence-electron chi connectivity index (χ1n) is 10.8. The standard InChI is InChI=1S/C24H22N6OS.CH4O/c1-13-4-5-17(12-26-13)21-19-10-11-20-23(32-24(28-20)27-15(3)31)22(19)30(29-21)18-8-6-16(7-9-18)14(2)25;1-2/h4-9,12,25H,10-11H2,1-3H3,(H,27,28,31);2H,1H3. The molecule has 0 fully saturated rings. The molecule has 0 radical (unpaired) electrons. The SMILES string of the molecule is CC(=N)c1ccc(-n2nc(-c3ccc(C)nc3)c3c2-c2sc(NC(C)=O)nc2CC3)cc1.CO. The number of nitrogens with one attached hydrogen (secondary N) is 2. The molecular formula is C25H26N6O2S. The van der Waals surface area contributed by atoms with Crippen molar-refractivity contribution in [2.75, 3.05) is 12.4 Å². The maximum atomic E-state index is 11.6. The van der Waals surface area contributed by atoms with Gasteiger partial charge in [-0.3, -0.25) is 9.78 Å². The predicted molar refractivity (Wildman–Crippen MR) is 135 cm³/mol. The third-order valence-electron chi connectivity index (χ3n) is 5.52. The van der Waals surface area contributed by atoms with Crippen molar-refractivity contribution in [2.24, 2.45) is 0 Å². The van der Waals surface area contributed by atoms with Gasteiger partial charge in [-0.1, -0.05) is 23.5 Å². The molecule has 0 saturated carbocycles. The van der Waals surface area contributed by atoms with Crippen molar-refractivity contribution >= 4 is 28.1 Å². The minimum atomic E-state index is -0.131. The molecule has 0 saturated heterocycles. The number of benzene rings is 1. The van der Waals surface area contributed by atoms with Gasteiger partial charge in [-0.2, -0.15) is 5.10 Å². The maximum Gasteiger partial charge on any atom is 0.223 e. The minimum Gasteiger partial charge on any atom is -0.400 e. The van der Waals surface area contributed by atoms with E-state index in [-0.39, 0.29) is 5.91 Å². The zero-order valence-electron chi connectivity index (χ0n) is 19.5. The third kappa shape index (κ3) is 4.40. The monoisotopic (exact) mass is 474 g/mol. The number of amides is 1. The summed E-state index contributed by atoms with van der Waals surface area (Å²) >= 11 is 1.48. The fourth-order valence-corrected chi connectivity index (χ4v) is 5.07. The molecule has 1 aliphatic carbocycles. The maximum absolute atomic E-state index is 11.6. The highest BCUT2D eigenvalue weighted by Gasteiger charge is 2.30. The van der Waals surface area contributed by atoms with E-state index in [1.165, 1.54) is 18.3 Å². The number of rotatable bonds is 4. The number of carbonyl (C=O) groups is 1. The molecule has 8 nitrogen and oxygen atoms in total. The van der Waals surface area contributed by atoms with Crippen LogP contribution in [0.4, 0.5) is 5.13 Å². The zero-order valence-corrected chi connectivity index (χ0v) is 20.3. The summed E-state index contributed by atoms with van der Waals surface area (Å²) in [4.78, 5) is 21.7. The number of hydrogen-bond acceptors (Lipinski definition) is 7. The van der Waals surface area contributed by atoms with Gasteiger partial charge in [0, 0.05) is 42.8 Å². The quantitative estimate of drug-likeness (QED) is 0.379. The molecule has 0 atom stereocenters. The van der Waals surface area contributed by atoms with Crippen LogP contribution in [-0.4, -0.2) is 43.6 Å². The van der Waals surface area contributed by atoms with Crippen LogP contribution < -0.4 is 5.32 Å². The molecule has 0 aliphatic heterocycles. The lowest BCUT2D eigenvalue weighted by Gasteiger charge is -2.14. The van der Waals surface area contributed by atoms with Gasteiger partial charge in [0.2, 0.25) is 5.91 Å². The normalized spacial score (nSPS) is 11.7. The van der Waals surface area contributed by atoms with Crippen LogP contribution in [0.25, 0.3) is 27.5 Å². The molecule has 1 amide bonds. The van der Waals surface area contributed by atoms with Crippen LogP contribution >= 0.6 is 11.3 Å². The Morgan fingerprint density at radius 2 is 1.85 bits per heavy atom. The molecule has 34 heavy (non-hydrogen) atoms. The average molecular weight is 475 g/mol. The van der Waals surface area contributed by atoms with E-state index < -0.39 is 0 Å². The van der Waals surface area contributed by atoms with Gasteiger partial charge in [-0.25, -0.2) is 9.67 Å². The summed E-state index contributed by atoms with van der Waals surface area (Å²) in [6.07, 6.45) is 3.48. The lowest BCUT2D eigenvalue weighted by molar-refractivity contribution is -0.114. The van der Waals surface area contributed by atoms with E-state index in [1.807, 2.05) is 48.1 Å². The highest BCUT2D eigenvalue weighted by atomic mass is 32.1. The molecular weight excluding hydrogens is 448 g/mol. The van der Waals surface area contributed by atoms with E-state index in [0.717, 1.165) is 70.0 Å². The molecule has 1 aliphatic rings. The second kappa shape index (κ2) is 9.66. The van der Waals surface area contributed by atoms with Crippen molar-refractivity contribution in [1.82, 2.24) is 19.7 Å². The van der Waals surface area contributed by atoms with Gasteiger partial charge in [-0.15, -0.1) is 0 Å². The summed E-state index contributed by atoms with van der Waals surface area (Å²) < 4.78 is 1.96. The number of pyridine rings is 1. The predicted octanol–water partition coefficient (Wildman–Crippen LogP) is 4.42. The molecule has 3 aromatic heterocycles. The Morgan fingerprint density at radius 3 is 2.47 bits per heavy atom. The van der Waals surface area contributed by atoms with Crippen molar-refractivity contribution in [3.05, 3.63) is 65.1 Å². The highest BCUT2D eigenvalue weighted by Crippen LogP contribution is 2.44. The number of hydrogen-bond donors (Lipinski definition) is 3. The first kappa shape index (κ1) is 23.5. The lowest BCUT2D eigenvalue weighted by atomic mass is 9.95. The fourth-order valence-electron chi connectivity index (χ4n) is 3.95. The first-order valence-corrected chi connectivity index (χ1v) is 11.7. The van der Waals surface area contributed by atoms with E-state index in [9.17, 15) is 4.79 Å². The summed E-state index contributed by atoms with van der Waals surface area (Å²) in [5, 5.41) is 23.3. The molecule has 5 rings (SSSR count). The Kier molecular flexibility index (Phi) is 6.67. The molecule has 0 spiro atoms. The Bertz CT molecular complexity index is 1350. The number of aliphatic hydroxyl groups excluding tert-OH is 1. The number of carbonyl (C=O) groups excluding carboxylic acids is 1. The van der Waals surface area contributed by atoms with Crippen molar-refractivity contribution in [3.8, 4) is 27.5 Å². The molecule has 3 heterocycles. The van der Waals surface area contributed by atoms with Crippen molar-refractivity contribution in [1.29, 1.82) is 5.41 Å². The number of aryl methyl sites for hydroxylation is 2. The molecule has 4 aromatic rings. The van der Waals surface area contributed by atoms with E-state index in [4.69, 9.17) is 15.6 Å². The number of nitrogens with zero attached hydrogens (tertiary/aromatic N) is 4. The molecule has 174 valence electrons. The molecule has 9 heteroatoms. The molecule has 0 bridgehead atoms. The third-order valence-corrected chi connectivity index (χ3v) is 6.54. The van der Waals surface area contributed by atoms with Gasteiger partial charge in [0.15, 0.2) is 5.13 Å². The van der Waals surface area contributed by atoms with E-state index >= 15 is 0 Å². The minimum absolute atomic E-state index is 0.131. The van der Waals surface area contributed by atoms with Gasteiger partial charge in [0.25, 0.3) is 0 Å². The van der Waals surface area contributed by atoms with Crippen LogP contribution in [0.5, 0.6) is 0 Å². The van der Waals surface area contributed by atoms with Crippen LogP contribution in [-0.2, 0) is 17.6 Å². The number of thiazole rings is 1. The summed E-state index contributed by atoms with van der Waals surface area (Å²) in [6, 6.07) is 11.9. The van der Waals surface area contributed by atoms with Gasteiger partial charge < -0.3 is 15.8 Å².